The highest BCUT2D eigenvalue weighted by atomic mass is 19.4. The smallest absolute Gasteiger partial charge is 0.416 e. The first kappa shape index (κ1) is 31.0. The molecule has 3 aromatic carbocycles. The number of carbonyl (C=O) groups excluding carboxylic acids is 2. The summed E-state index contributed by atoms with van der Waals surface area (Å²) in [4.78, 5) is 33.8. The minimum Gasteiger partial charge on any atom is -0.493 e. The average Bonchev–Trinajstić information content (AvgIpc) is 3.04. The number of benzene rings is 3. The molecule has 44 heavy (non-hydrogen) atoms. The summed E-state index contributed by atoms with van der Waals surface area (Å²) in [7, 11) is 4.53. The third kappa shape index (κ3) is 5.75. The maximum absolute atomic E-state index is 14.6. The Morgan fingerprint density at radius 3 is 2.14 bits per heavy atom. The van der Waals surface area contributed by atoms with Gasteiger partial charge in [-0.05, 0) is 53.9 Å². The second kappa shape index (κ2) is 12.7. The summed E-state index contributed by atoms with van der Waals surface area (Å²) in [5, 5.41) is 0. The van der Waals surface area contributed by atoms with Gasteiger partial charge in [-0.15, -0.1) is 0 Å². The number of rotatable bonds is 8. The molecule has 1 saturated heterocycles. The van der Waals surface area contributed by atoms with Crippen molar-refractivity contribution in [1.29, 1.82) is 0 Å². The van der Waals surface area contributed by atoms with Crippen LogP contribution in [0, 0.1) is 0 Å². The fourth-order valence-corrected chi connectivity index (χ4v) is 6.25. The average molecular weight is 612 g/mol. The van der Waals surface area contributed by atoms with Gasteiger partial charge < -0.3 is 28.9 Å². The van der Waals surface area contributed by atoms with Gasteiger partial charge in [-0.2, -0.15) is 13.2 Å². The van der Waals surface area contributed by atoms with Gasteiger partial charge in [0.15, 0.2) is 11.5 Å². The van der Waals surface area contributed by atoms with Crippen LogP contribution in [-0.2, 0) is 11.0 Å². The SMILES string of the molecule is CCCN1C(=O)c2ccccc2[C@@H](C(=O)N2CCN(c3cccc(C(F)(F)F)c3)CC2)[C@@H]1c1cc(OC)c(OC)c(OC)c1. The molecule has 1 fully saturated rings. The van der Waals surface area contributed by atoms with Gasteiger partial charge in [0, 0.05) is 44.0 Å². The van der Waals surface area contributed by atoms with E-state index in [1.165, 1.54) is 27.4 Å². The predicted octanol–water partition coefficient (Wildman–Crippen LogP) is 5.77. The van der Waals surface area contributed by atoms with Crippen LogP contribution in [0.25, 0.3) is 0 Å². The number of nitrogens with zero attached hydrogens (tertiary/aromatic N) is 3. The number of fused-ring (bicyclic) bond motifs is 1. The van der Waals surface area contributed by atoms with Crippen molar-refractivity contribution in [3.05, 3.63) is 82.9 Å². The van der Waals surface area contributed by atoms with Crippen LogP contribution in [0.3, 0.4) is 0 Å². The van der Waals surface area contributed by atoms with Gasteiger partial charge in [-0.25, -0.2) is 0 Å². The van der Waals surface area contributed by atoms with Crippen LogP contribution in [0.15, 0.2) is 60.7 Å². The minimum absolute atomic E-state index is 0.159. The Morgan fingerprint density at radius 2 is 1.55 bits per heavy atom. The summed E-state index contributed by atoms with van der Waals surface area (Å²) in [6.07, 6.45) is -3.77. The lowest BCUT2D eigenvalue weighted by Gasteiger charge is -2.45. The second-order valence-corrected chi connectivity index (χ2v) is 10.8. The number of anilines is 1. The van der Waals surface area contributed by atoms with Crippen LogP contribution in [0.4, 0.5) is 18.9 Å². The molecule has 2 atom stereocenters. The minimum atomic E-state index is -4.44. The van der Waals surface area contributed by atoms with Crippen molar-refractivity contribution in [2.45, 2.75) is 31.5 Å². The third-order valence-electron chi connectivity index (χ3n) is 8.33. The van der Waals surface area contributed by atoms with Gasteiger partial charge in [0.1, 0.15) is 0 Å². The molecule has 2 amide bonds. The molecule has 8 nitrogen and oxygen atoms in total. The summed E-state index contributed by atoms with van der Waals surface area (Å²) in [6.45, 7) is 3.77. The van der Waals surface area contributed by atoms with E-state index in [-0.39, 0.29) is 11.8 Å². The van der Waals surface area contributed by atoms with Crippen molar-refractivity contribution in [1.82, 2.24) is 9.80 Å². The highest BCUT2D eigenvalue weighted by molar-refractivity contribution is 6.01. The van der Waals surface area contributed by atoms with Crippen LogP contribution >= 0.6 is 0 Å². The number of piperazine rings is 1. The van der Waals surface area contributed by atoms with Crippen LogP contribution in [0.2, 0.25) is 0 Å². The topological polar surface area (TPSA) is 71.6 Å². The monoisotopic (exact) mass is 611 g/mol. The molecule has 0 radical (unpaired) electrons. The maximum Gasteiger partial charge on any atom is 0.416 e. The fraction of sp³-hybridized carbons (Fsp3) is 0.394. The van der Waals surface area contributed by atoms with Crippen LogP contribution in [-0.4, -0.2) is 75.7 Å². The zero-order valence-corrected chi connectivity index (χ0v) is 25.2. The number of hydrogen-bond donors (Lipinski definition) is 0. The lowest BCUT2D eigenvalue weighted by Crippen LogP contribution is -2.53. The van der Waals surface area contributed by atoms with E-state index in [1.807, 2.05) is 24.0 Å². The normalized spacial score (nSPS) is 18.6. The lowest BCUT2D eigenvalue weighted by atomic mass is 9.78. The lowest BCUT2D eigenvalue weighted by molar-refractivity contribution is -0.137. The number of amides is 2. The van der Waals surface area contributed by atoms with E-state index >= 15 is 0 Å². The molecule has 3 aromatic rings. The van der Waals surface area contributed by atoms with Gasteiger partial charge in [-0.1, -0.05) is 31.2 Å². The first-order valence-corrected chi connectivity index (χ1v) is 14.5. The van der Waals surface area contributed by atoms with Gasteiger partial charge in [0.25, 0.3) is 5.91 Å². The molecular weight excluding hydrogens is 575 g/mol. The van der Waals surface area contributed by atoms with E-state index in [1.54, 1.807) is 40.1 Å². The van der Waals surface area contributed by atoms with E-state index in [0.29, 0.717) is 78.8 Å². The van der Waals surface area contributed by atoms with Crippen molar-refractivity contribution in [2.75, 3.05) is 59.0 Å². The summed E-state index contributed by atoms with van der Waals surface area (Å²) in [5.74, 6) is 0.152. The van der Waals surface area contributed by atoms with Crippen molar-refractivity contribution in [2.24, 2.45) is 0 Å². The first-order valence-electron chi connectivity index (χ1n) is 14.5. The van der Waals surface area contributed by atoms with Crippen LogP contribution in [0.1, 0.15) is 52.4 Å². The molecular formula is C33H36F3N3O5. The zero-order valence-electron chi connectivity index (χ0n) is 25.2. The molecule has 11 heteroatoms. The van der Waals surface area contributed by atoms with Crippen molar-refractivity contribution in [3.63, 3.8) is 0 Å². The number of carbonyl (C=O) groups is 2. The van der Waals surface area contributed by atoms with E-state index in [2.05, 4.69) is 0 Å². The Bertz CT molecular complexity index is 1500. The fourth-order valence-electron chi connectivity index (χ4n) is 6.25. The number of halogens is 3. The molecule has 0 unspecified atom stereocenters. The van der Waals surface area contributed by atoms with Crippen molar-refractivity contribution in [3.8, 4) is 17.2 Å². The van der Waals surface area contributed by atoms with E-state index in [9.17, 15) is 22.8 Å². The number of methoxy groups -OCH3 is 3. The Morgan fingerprint density at radius 1 is 0.886 bits per heavy atom. The molecule has 5 rings (SSSR count). The highest BCUT2D eigenvalue weighted by Gasteiger charge is 2.46. The van der Waals surface area contributed by atoms with Crippen molar-refractivity contribution >= 4 is 17.5 Å². The zero-order chi connectivity index (χ0) is 31.6. The highest BCUT2D eigenvalue weighted by Crippen LogP contribution is 2.48. The molecule has 2 aliphatic rings. The molecule has 0 spiro atoms. The Labute approximate surface area is 254 Å². The summed E-state index contributed by atoms with van der Waals surface area (Å²) in [6, 6.07) is 15.3. The molecule has 0 aliphatic carbocycles. The molecule has 0 saturated carbocycles. The molecule has 0 aromatic heterocycles. The number of ether oxygens (including phenoxy) is 3. The van der Waals surface area contributed by atoms with E-state index < -0.39 is 23.7 Å². The Hall–Kier alpha value is -4.41. The van der Waals surface area contributed by atoms with Crippen LogP contribution < -0.4 is 19.1 Å². The van der Waals surface area contributed by atoms with Gasteiger partial charge >= 0.3 is 6.18 Å². The number of hydrogen-bond acceptors (Lipinski definition) is 6. The van der Waals surface area contributed by atoms with Crippen LogP contribution in [0.5, 0.6) is 17.2 Å². The third-order valence-corrected chi connectivity index (χ3v) is 8.33. The quantitative estimate of drug-likeness (QED) is 0.322. The van der Waals surface area contributed by atoms with Gasteiger partial charge in [0.05, 0.1) is 38.9 Å². The van der Waals surface area contributed by atoms with E-state index in [0.717, 1.165) is 12.1 Å². The predicted molar refractivity (Wildman–Crippen MR) is 160 cm³/mol. The molecule has 2 heterocycles. The molecule has 0 N–H and O–H groups in total. The standard InChI is InChI=1S/C33H36F3N3O5/c1-5-13-39-29(21-18-26(42-2)30(44-4)27(19-21)43-3)28(24-11-6-7-12-25(24)31(39)40)32(41)38-16-14-37(15-17-38)23-10-8-9-22(20-23)33(34,35)36/h6-12,18-20,28-29H,5,13-17H2,1-4H3/t28-,29+/m1/s1. The van der Waals surface area contributed by atoms with Crippen molar-refractivity contribution < 1.29 is 37.0 Å². The largest absolute Gasteiger partial charge is 0.493 e. The summed E-state index contributed by atoms with van der Waals surface area (Å²) >= 11 is 0. The number of alkyl halides is 3. The molecule has 2 aliphatic heterocycles. The molecule has 234 valence electrons. The Balaban J connectivity index is 1.52. The Kier molecular flexibility index (Phi) is 8.94. The summed E-state index contributed by atoms with van der Waals surface area (Å²) in [5.41, 5.74) is 1.53. The second-order valence-electron chi connectivity index (χ2n) is 10.8. The molecule has 0 bridgehead atoms. The van der Waals surface area contributed by atoms with Gasteiger partial charge in [0.2, 0.25) is 11.7 Å². The summed E-state index contributed by atoms with van der Waals surface area (Å²) < 4.78 is 56.8. The van der Waals surface area contributed by atoms with E-state index in [4.69, 9.17) is 14.2 Å². The maximum atomic E-state index is 14.6. The van der Waals surface area contributed by atoms with Gasteiger partial charge in [-0.3, -0.25) is 9.59 Å². The first-order chi connectivity index (χ1) is 21.1.